The molecule has 8 rings (SSSR count). The van der Waals surface area contributed by atoms with Gasteiger partial charge in [0.1, 0.15) is 24.7 Å². The summed E-state index contributed by atoms with van der Waals surface area (Å²) in [5.41, 5.74) is -5.73. The molecule has 4 N–H and O–H groups in total. The fraction of sp³-hybridized carbons (Fsp3) is 0.231. The molecule has 14 nitrogen and oxygen atoms in total. The molecule has 0 aliphatic heterocycles. The smallest absolute Gasteiger partial charge is 0.422 e. The van der Waals surface area contributed by atoms with E-state index in [1.165, 1.54) is 45.8 Å². The molecule has 20 heteroatoms. The van der Waals surface area contributed by atoms with Crippen LogP contribution in [0.15, 0.2) is 170 Å². The van der Waals surface area contributed by atoms with Gasteiger partial charge < -0.3 is 39.5 Å². The van der Waals surface area contributed by atoms with Crippen molar-refractivity contribution in [3.8, 4) is 11.5 Å². The zero-order valence-electron chi connectivity index (χ0n) is 38.2. The molecule has 0 amide bonds. The van der Waals surface area contributed by atoms with Gasteiger partial charge in [-0.2, -0.15) is 26.3 Å². The molecule has 0 saturated heterocycles. The molecule has 0 aliphatic carbocycles. The number of hydrogen-bond donors (Lipinski definition) is 4. The molecule has 8 aromatic rings. The second-order valence-corrected chi connectivity index (χ2v) is 16.6. The highest BCUT2D eigenvalue weighted by Gasteiger charge is 2.57. The predicted molar refractivity (Wildman–Crippen MR) is 258 cm³/mol. The fourth-order valence-corrected chi connectivity index (χ4v) is 8.02. The van der Waals surface area contributed by atoms with E-state index >= 15 is 0 Å². The van der Waals surface area contributed by atoms with Gasteiger partial charge in [0.2, 0.25) is 0 Å². The van der Waals surface area contributed by atoms with E-state index in [1.807, 2.05) is 24.3 Å². The quantitative estimate of drug-likeness (QED) is 0.0249. The minimum absolute atomic E-state index is 0.0570. The van der Waals surface area contributed by atoms with Gasteiger partial charge in [0.05, 0.1) is 20.9 Å². The molecule has 2 atom stereocenters. The van der Waals surface area contributed by atoms with E-state index in [4.69, 9.17) is 9.47 Å². The summed E-state index contributed by atoms with van der Waals surface area (Å²) in [4.78, 5) is 21.4. The third-order valence-corrected chi connectivity index (χ3v) is 11.7. The number of ether oxygens (including phenoxy) is 2. The van der Waals surface area contributed by atoms with Gasteiger partial charge in [-0.3, -0.25) is 20.2 Å². The summed E-state index contributed by atoms with van der Waals surface area (Å²) in [6.07, 6.45) is -7.60. The van der Waals surface area contributed by atoms with Gasteiger partial charge in [-0.1, -0.05) is 97.1 Å². The van der Waals surface area contributed by atoms with Gasteiger partial charge in [-0.05, 0) is 47.5 Å². The molecule has 72 heavy (non-hydrogen) atoms. The number of nitro benzene ring substituents is 2. The lowest BCUT2D eigenvalue weighted by atomic mass is 9.92. The number of alkyl halides is 6. The maximum absolute atomic E-state index is 14.3. The molecule has 0 radical (unpaired) electrons. The normalized spacial score (nSPS) is 13.4. The number of nitro groups is 2. The van der Waals surface area contributed by atoms with E-state index in [-0.39, 0.29) is 83.7 Å². The standard InChI is InChI=1S/2C26H24F3N3O4/c2*27-26(28,29)25(33,18-30-13-14-36-21-9-5-2-6-10-21)23-17-31(16-19-7-3-1-4-8-19)24-15-20(32(34)35)11-12-22(23)24/h2*1-12,15,17,30,33H,13-14,16,18H2. The van der Waals surface area contributed by atoms with Crippen molar-refractivity contribution in [3.05, 3.63) is 213 Å². The molecule has 376 valence electrons. The van der Waals surface area contributed by atoms with E-state index in [9.17, 15) is 56.8 Å². The number of rotatable bonds is 20. The minimum Gasteiger partial charge on any atom is -0.492 e. The number of non-ortho nitro benzene ring substituents is 2. The second-order valence-electron chi connectivity index (χ2n) is 16.6. The van der Waals surface area contributed by atoms with Crippen molar-refractivity contribution >= 4 is 33.2 Å². The van der Waals surface area contributed by atoms with Crippen molar-refractivity contribution in [2.24, 2.45) is 0 Å². The lowest BCUT2D eigenvalue weighted by Gasteiger charge is -2.30. The molecule has 0 fully saturated rings. The van der Waals surface area contributed by atoms with Gasteiger partial charge in [-0.15, -0.1) is 0 Å². The van der Waals surface area contributed by atoms with Crippen molar-refractivity contribution in [1.29, 1.82) is 0 Å². The number of nitrogens with one attached hydrogen (secondary N) is 2. The first-order chi connectivity index (χ1) is 34.4. The van der Waals surface area contributed by atoms with E-state index in [1.54, 1.807) is 97.1 Å². The lowest BCUT2D eigenvalue weighted by molar-refractivity contribution is -0.384. The molecule has 0 aliphatic rings. The molecule has 2 unspecified atom stereocenters. The van der Waals surface area contributed by atoms with E-state index in [0.29, 0.717) is 11.5 Å². The van der Waals surface area contributed by atoms with Crippen LogP contribution < -0.4 is 20.1 Å². The number of para-hydroxylation sites is 2. The first-order valence-corrected chi connectivity index (χ1v) is 22.4. The number of aromatic nitrogens is 2. The van der Waals surface area contributed by atoms with Gasteiger partial charge in [-0.25, -0.2) is 0 Å². The van der Waals surface area contributed by atoms with Crippen molar-refractivity contribution in [1.82, 2.24) is 19.8 Å². The molecule has 6 aromatic carbocycles. The molecule has 2 heterocycles. The van der Waals surface area contributed by atoms with Gasteiger partial charge in [0.15, 0.2) is 11.2 Å². The lowest BCUT2D eigenvalue weighted by Crippen LogP contribution is -2.50. The van der Waals surface area contributed by atoms with Crippen LogP contribution in [0.3, 0.4) is 0 Å². The summed E-state index contributed by atoms with van der Waals surface area (Å²) in [7, 11) is 0. The molecule has 2 aromatic heterocycles. The van der Waals surface area contributed by atoms with Crippen molar-refractivity contribution in [3.63, 3.8) is 0 Å². The maximum atomic E-state index is 14.3. The highest BCUT2D eigenvalue weighted by molar-refractivity contribution is 5.88. The highest BCUT2D eigenvalue weighted by Crippen LogP contribution is 2.44. The summed E-state index contributed by atoms with van der Waals surface area (Å²) in [6, 6.07) is 42.8. The summed E-state index contributed by atoms with van der Waals surface area (Å²) in [5.74, 6) is 1.16. The molecule has 0 spiro atoms. The third kappa shape index (κ3) is 12.2. The Morgan fingerprint density at radius 1 is 0.500 bits per heavy atom. The van der Waals surface area contributed by atoms with Crippen molar-refractivity contribution in [2.75, 3.05) is 39.4 Å². The topological polar surface area (TPSA) is 179 Å². The van der Waals surface area contributed by atoms with E-state index < -0.39 is 46.5 Å². The number of aliphatic hydroxyl groups is 2. The summed E-state index contributed by atoms with van der Waals surface area (Å²) in [5, 5.41) is 50.1. The highest BCUT2D eigenvalue weighted by atomic mass is 19.4. The SMILES string of the molecule is O=[N+]([O-])c1ccc2c(C(O)(CNCCOc3ccccc3)C(F)(F)F)cn(Cc3ccccc3)c2c1.O=[N+]([O-])c1ccc2c(C(O)(CNCCOc3ccccc3)C(F)(F)F)cn(Cc3ccccc3)c2c1. The average Bonchev–Trinajstić information content (AvgIpc) is 3.92. The largest absolute Gasteiger partial charge is 0.492 e. The Labute approximate surface area is 408 Å². The second kappa shape index (κ2) is 22.5. The number of halogens is 6. The Bertz CT molecular complexity index is 2860. The third-order valence-electron chi connectivity index (χ3n) is 11.7. The summed E-state index contributed by atoms with van der Waals surface area (Å²) < 4.78 is 99.7. The van der Waals surface area contributed by atoms with Crippen LogP contribution >= 0.6 is 0 Å². The van der Waals surface area contributed by atoms with Crippen LogP contribution in [0.2, 0.25) is 0 Å². The molecule has 0 bridgehead atoms. The average molecular weight is 999 g/mol. The van der Waals surface area contributed by atoms with Crippen LogP contribution in [0, 0.1) is 20.2 Å². The summed E-state index contributed by atoms with van der Waals surface area (Å²) >= 11 is 0. The van der Waals surface area contributed by atoms with Crippen molar-refractivity contribution in [2.45, 2.75) is 36.6 Å². The summed E-state index contributed by atoms with van der Waals surface area (Å²) in [6.45, 7) is -0.996. The number of nitrogens with zero attached hydrogens (tertiary/aromatic N) is 4. The Morgan fingerprint density at radius 3 is 1.15 bits per heavy atom. The van der Waals surface area contributed by atoms with E-state index in [0.717, 1.165) is 23.3 Å². The van der Waals surface area contributed by atoms with Crippen LogP contribution in [0.4, 0.5) is 37.7 Å². The van der Waals surface area contributed by atoms with Crippen LogP contribution in [0.1, 0.15) is 22.3 Å². The first-order valence-electron chi connectivity index (χ1n) is 22.4. The first kappa shape index (κ1) is 52.1. The van der Waals surface area contributed by atoms with Gasteiger partial charge in [0.25, 0.3) is 11.4 Å². The molecular formula is C52H48F6N6O8. The number of benzene rings is 6. The minimum atomic E-state index is -5.02. The van der Waals surface area contributed by atoms with Crippen LogP contribution in [0.25, 0.3) is 21.8 Å². The Balaban J connectivity index is 0.000000211. The van der Waals surface area contributed by atoms with Crippen LogP contribution in [0.5, 0.6) is 11.5 Å². The monoisotopic (exact) mass is 998 g/mol. The van der Waals surface area contributed by atoms with Crippen LogP contribution in [-0.2, 0) is 24.3 Å². The van der Waals surface area contributed by atoms with Gasteiger partial charge >= 0.3 is 12.4 Å². The van der Waals surface area contributed by atoms with Crippen LogP contribution in [-0.4, -0.2) is 80.9 Å². The number of hydrogen-bond acceptors (Lipinski definition) is 10. The fourth-order valence-electron chi connectivity index (χ4n) is 8.02. The Hall–Kier alpha value is -7.78. The zero-order chi connectivity index (χ0) is 51.5. The Kier molecular flexibility index (Phi) is 16.3. The molecular weight excluding hydrogens is 951 g/mol. The zero-order valence-corrected chi connectivity index (χ0v) is 38.2. The number of fused-ring (bicyclic) bond motifs is 2. The maximum Gasteiger partial charge on any atom is 0.422 e. The van der Waals surface area contributed by atoms with Gasteiger partial charge in [0, 0.05) is 97.8 Å². The van der Waals surface area contributed by atoms with Crippen molar-refractivity contribution < 1.29 is 55.9 Å². The predicted octanol–water partition coefficient (Wildman–Crippen LogP) is 10.0. The Morgan fingerprint density at radius 2 is 0.833 bits per heavy atom. The van der Waals surface area contributed by atoms with E-state index in [2.05, 4.69) is 10.6 Å². The molecule has 0 saturated carbocycles.